The van der Waals surface area contributed by atoms with E-state index in [1.807, 2.05) is 73.2 Å². The van der Waals surface area contributed by atoms with Crippen molar-refractivity contribution in [2.75, 3.05) is 0 Å². The number of para-hydroxylation sites is 2. The molecular weight excluding hydrogens is 775 g/mol. The summed E-state index contributed by atoms with van der Waals surface area (Å²) in [6, 6.07) is 62.9. The van der Waals surface area contributed by atoms with Crippen molar-refractivity contribution in [3.8, 4) is 56.7 Å². The zero-order valence-electron chi connectivity index (χ0n) is 33.6. The largest absolute Gasteiger partial charge is 0.454 e. The van der Waals surface area contributed by atoms with E-state index in [4.69, 9.17) is 24.4 Å². The van der Waals surface area contributed by atoms with E-state index >= 15 is 0 Å². The van der Waals surface area contributed by atoms with E-state index in [0.717, 1.165) is 111 Å². The van der Waals surface area contributed by atoms with Crippen molar-refractivity contribution in [1.29, 1.82) is 0 Å². The summed E-state index contributed by atoms with van der Waals surface area (Å²) in [4.78, 5) is 24.9. The Balaban J connectivity index is 0.937. The molecule has 0 spiro atoms. The van der Waals surface area contributed by atoms with Crippen LogP contribution in [0.2, 0.25) is 0 Å². The molecule has 0 amide bonds. The Bertz CT molecular complexity index is 3870. The lowest BCUT2D eigenvalue weighted by Gasteiger charge is -2.12. The summed E-state index contributed by atoms with van der Waals surface area (Å²) in [7, 11) is 0. The van der Waals surface area contributed by atoms with Crippen molar-refractivity contribution in [2.24, 2.45) is 0 Å². The summed E-state index contributed by atoms with van der Waals surface area (Å²) in [5.74, 6) is 1.47. The standard InChI is InChI=1S/C55H33N7O/c1-3-12-34(13-4-1)44-31-53(60-55(59-44)35-14-5-2-6-15-35)62-48-19-10-8-17-40(48)42-28-36(22-25-49(42)62)45-32-56-33-46(58-45)37-21-24-41-39-16-7-9-18-47(39)61(50(41)29-37)38-23-26-51-43(30-38)54-52(63-51)20-11-27-57-54/h1-33H. The molecule has 13 aromatic rings. The van der Waals surface area contributed by atoms with E-state index in [9.17, 15) is 0 Å². The fraction of sp³-hybridized carbons (Fsp3) is 0. The average molecular weight is 808 g/mol. The van der Waals surface area contributed by atoms with Gasteiger partial charge in [0.25, 0.3) is 0 Å². The van der Waals surface area contributed by atoms with Gasteiger partial charge >= 0.3 is 0 Å². The molecule has 0 radical (unpaired) electrons. The summed E-state index contributed by atoms with van der Waals surface area (Å²) in [6.07, 6.45) is 5.51. The number of furan rings is 1. The lowest BCUT2D eigenvalue weighted by Crippen LogP contribution is -2.02. The second kappa shape index (κ2) is 13.9. The maximum Gasteiger partial charge on any atom is 0.162 e. The van der Waals surface area contributed by atoms with Gasteiger partial charge in [-0.05, 0) is 60.7 Å². The molecule has 0 fully saturated rings. The highest BCUT2D eigenvalue weighted by Gasteiger charge is 2.19. The maximum atomic E-state index is 6.14. The first kappa shape index (κ1) is 35.0. The third-order valence-corrected chi connectivity index (χ3v) is 12.1. The Morgan fingerprint density at radius 3 is 1.86 bits per heavy atom. The Morgan fingerprint density at radius 1 is 0.381 bits per heavy atom. The van der Waals surface area contributed by atoms with Crippen LogP contribution in [0, 0.1) is 0 Å². The van der Waals surface area contributed by atoms with Gasteiger partial charge in [0.2, 0.25) is 0 Å². The van der Waals surface area contributed by atoms with Crippen LogP contribution in [0.3, 0.4) is 0 Å². The quantitative estimate of drug-likeness (QED) is 0.166. The molecule has 0 aliphatic rings. The summed E-state index contributed by atoms with van der Waals surface area (Å²) in [6.45, 7) is 0. The molecule has 6 aromatic heterocycles. The van der Waals surface area contributed by atoms with Gasteiger partial charge in [0.15, 0.2) is 11.4 Å². The number of nitrogens with zero attached hydrogens (tertiary/aromatic N) is 7. The first-order valence-corrected chi connectivity index (χ1v) is 20.9. The summed E-state index contributed by atoms with van der Waals surface area (Å²) < 4.78 is 10.7. The molecule has 0 saturated heterocycles. The number of hydrogen-bond acceptors (Lipinski definition) is 6. The maximum absolute atomic E-state index is 6.14. The predicted molar refractivity (Wildman–Crippen MR) is 253 cm³/mol. The Labute approximate surface area is 360 Å². The van der Waals surface area contributed by atoms with Gasteiger partial charge in [-0.25, -0.2) is 15.0 Å². The van der Waals surface area contributed by atoms with Gasteiger partial charge in [-0.2, -0.15) is 0 Å². The minimum absolute atomic E-state index is 0.671. The Morgan fingerprint density at radius 2 is 1.05 bits per heavy atom. The van der Waals surface area contributed by atoms with Crippen LogP contribution in [0.25, 0.3) is 122 Å². The Hall–Kier alpha value is -8.75. The molecule has 0 bridgehead atoms. The predicted octanol–water partition coefficient (Wildman–Crippen LogP) is 13.4. The number of aromatic nitrogens is 7. The molecule has 8 nitrogen and oxygen atoms in total. The van der Waals surface area contributed by atoms with E-state index < -0.39 is 0 Å². The molecule has 0 saturated carbocycles. The van der Waals surface area contributed by atoms with Gasteiger partial charge in [0.1, 0.15) is 16.9 Å². The second-order valence-corrected chi connectivity index (χ2v) is 15.8. The summed E-state index contributed by atoms with van der Waals surface area (Å²) in [5.41, 5.74) is 14.1. The van der Waals surface area contributed by atoms with Crippen LogP contribution < -0.4 is 0 Å². The molecule has 6 heterocycles. The number of pyridine rings is 1. The van der Waals surface area contributed by atoms with E-state index in [2.05, 4.69) is 142 Å². The molecule has 63 heavy (non-hydrogen) atoms. The van der Waals surface area contributed by atoms with E-state index in [1.165, 1.54) is 5.39 Å². The molecular formula is C55H33N7O. The third-order valence-electron chi connectivity index (χ3n) is 12.1. The molecule has 0 aliphatic heterocycles. The second-order valence-electron chi connectivity index (χ2n) is 15.8. The summed E-state index contributed by atoms with van der Waals surface area (Å²) in [5, 5.41) is 5.53. The monoisotopic (exact) mass is 807 g/mol. The van der Waals surface area contributed by atoms with Crippen LogP contribution >= 0.6 is 0 Å². The SMILES string of the molecule is c1ccc(-c2cc(-n3c4ccccc4c4cc(-c5cncc(-c6ccc7c8ccccc8n(-c8ccc9oc%10cccnc%10c9c8)c7c6)n5)ccc43)nc(-c3ccccc3)n2)cc1. The lowest BCUT2D eigenvalue weighted by atomic mass is 10.1. The van der Waals surface area contributed by atoms with E-state index in [1.54, 1.807) is 0 Å². The molecule has 7 aromatic carbocycles. The first-order chi connectivity index (χ1) is 31.2. The zero-order valence-corrected chi connectivity index (χ0v) is 33.6. The van der Waals surface area contributed by atoms with Crippen LogP contribution in [0.15, 0.2) is 205 Å². The van der Waals surface area contributed by atoms with Gasteiger partial charge in [0.05, 0.1) is 51.5 Å². The highest BCUT2D eigenvalue weighted by Crippen LogP contribution is 2.39. The molecule has 0 atom stereocenters. The van der Waals surface area contributed by atoms with Crippen molar-refractivity contribution in [2.45, 2.75) is 0 Å². The molecule has 0 N–H and O–H groups in total. The molecule has 0 aliphatic carbocycles. The van der Waals surface area contributed by atoms with Crippen molar-refractivity contribution in [3.63, 3.8) is 0 Å². The van der Waals surface area contributed by atoms with Gasteiger partial charge in [0, 0.05) is 67.1 Å². The number of benzene rings is 7. The highest BCUT2D eigenvalue weighted by atomic mass is 16.3. The fourth-order valence-corrected chi connectivity index (χ4v) is 9.18. The zero-order chi connectivity index (χ0) is 41.4. The van der Waals surface area contributed by atoms with Crippen LogP contribution in [0.1, 0.15) is 0 Å². The van der Waals surface area contributed by atoms with Crippen molar-refractivity contribution >= 4 is 65.7 Å². The highest BCUT2D eigenvalue weighted by molar-refractivity contribution is 6.12. The van der Waals surface area contributed by atoms with E-state index in [0.29, 0.717) is 5.82 Å². The minimum Gasteiger partial charge on any atom is -0.454 e. The van der Waals surface area contributed by atoms with Gasteiger partial charge in [-0.15, -0.1) is 0 Å². The van der Waals surface area contributed by atoms with Crippen LogP contribution in [0.5, 0.6) is 0 Å². The first-order valence-electron chi connectivity index (χ1n) is 20.9. The lowest BCUT2D eigenvalue weighted by molar-refractivity contribution is 0.668. The molecule has 294 valence electrons. The van der Waals surface area contributed by atoms with Crippen LogP contribution in [-0.4, -0.2) is 34.1 Å². The minimum atomic E-state index is 0.671. The van der Waals surface area contributed by atoms with Gasteiger partial charge in [-0.3, -0.25) is 14.5 Å². The van der Waals surface area contributed by atoms with Crippen LogP contribution in [-0.2, 0) is 0 Å². The fourth-order valence-electron chi connectivity index (χ4n) is 9.18. The molecule has 13 rings (SSSR count). The van der Waals surface area contributed by atoms with Crippen molar-refractivity contribution in [3.05, 3.63) is 201 Å². The average Bonchev–Trinajstić information content (AvgIpc) is 4.01. The number of rotatable bonds is 6. The van der Waals surface area contributed by atoms with Crippen LogP contribution in [0.4, 0.5) is 0 Å². The number of hydrogen-bond donors (Lipinski definition) is 0. The van der Waals surface area contributed by atoms with Crippen molar-refractivity contribution in [1.82, 2.24) is 34.1 Å². The smallest absolute Gasteiger partial charge is 0.162 e. The normalized spacial score (nSPS) is 11.8. The third kappa shape index (κ3) is 5.66. The van der Waals surface area contributed by atoms with Gasteiger partial charge < -0.3 is 8.98 Å². The van der Waals surface area contributed by atoms with Crippen molar-refractivity contribution < 1.29 is 4.42 Å². The topological polar surface area (TPSA) is 87.5 Å². The van der Waals surface area contributed by atoms with E-state index in [-0.39, 0.29) is 0 Å². The molecule has 0 unspecified atom stereocenters. The molecule has 8 heteroatoms. The Kier molecular flexibility index (Phi) is 7.74. The number of fused-ring (bicyclic) bond motifs is 9. The summed E-state index contributed by atoms with van der Waals surface area (Å²) >= 11 is 0. The van der Waals surface area contributed by atoms with Gasteiger partial charge in [-0.1, -0.05) is 115 Å².